The highest BCUT2D eigenvalue weighted by molar-refractivity contribution is 14.1. The first kappa shape index (κ1) is 19.8. The average molecular weight is 542 g/mol. The summed E-state index contributed by atoms with van der Waals surface area (Å²) in [5.41, 5.74) is 4.26. The fourth-order valence-electron chi connectivity index (χ4n) is 3.57. The minimum absolute atomic E-state index is 0.266. The van der Waals surface area contributed by atoms with Crippen molar-refractivity contribution >= 4 is 68.0 Å². The minimum Gasteiger partial charge on any atom is -0.327 e. The Labute approximate surface area is 195 Å². The molecule has 1 atom stereocenters. The van der Waals surface area contributed by atoms with E-state index >= 15 is 0 Å². The molecule has 3 heterocycles. The van der Waals surface area contributed by atoms with E-state index in [-0.39, 0.29) is 18.0 Å². The molecule has 3 aromatic rings. The average Bonchev–Trinajstić information content (AvgIpc) is 3.33. The molecule has 31 heavy (non-hydrogen) atoms. The highest BCUT2D eigenvalue weighted by atomic mass is 127. The first-order valence-electron chi connectivity index (χ1n) is 9.36. The van der Waals surface area contributed by atoms with Crippen molar-refractivity contribution in [1.29, 1.82) is 0 Å². The molecule has 2 aromatic carbocycles. The molecule has 0 radical (unpaired) electrons. The number of allylic oxidation sites excluding steroid dienone is 1. The van der Waals surface area contributed by atoms with E-state index in [0.29, 0.717) is 21.5 Å². The Kier molecular flexibility index (Phi) is 5.02. The molecule has 8 nitrogen and oxygen atoms in total. The van der Waals surface area contributed by atoms with Gasteiger partial charge in [-0.05, 0) is 53.3 Å². The number of fused-ring (bicyclic) bond motifs is 1. The third-order valence-corrected chi connectivity index (χ3v) is 6.48. The molecule has 2 aliphatic heterocycles. The number of hydrogen-bond acceptors (Lipinski definition) is 6. The van der Waals surface area contributed by atoms with Crippen LogP contribution in [0.25, 0.3) is 5.57 Å². The Balaban J connectivity index is 1.54. The number of halogens is 1. The molecule has 154 valence electrons. The zero-order chi connectivity index (χ0) is 21.5. The van der Waals surface area contributed by atoms with E-state index in [4.69, 9.17) is 0 Å². The van der Waals surface area contributed by atoms with Crippen molar-refractivity contribution in [2.45, 2.75) is 13.0 Å². The third kappa shape index (κ3) is 3.72. The van der Waals surface area contributed by atoms with Gasteiger partial charge in [0.05, 0.1) is 11.7 Å². The summed E-state index contributed by atoms with van der Waals surface area (Å²) in [5.74, 6) is -0.266. The van der Waals surface area contributed by atoms with Crippen molar-refractivity contribution in [2.75, 3.05) is 5.32 Å². The van der Waals surface area contributed by atoms with Gasteiger partial charge < -0.3 is 16.0 Å². The van der Waals surface area contributed by atoms with Crippen LogP contribution in [0, 0.1) is 3.57 Å². The van der Waals surface area contributed by atoms with Crippen LogP contribution in [0.4, 0.5) is 15.6 Å². The lowest BCUT2D eigenvalue weighted by atomic mass is 9.96. The number of rotatable bonds is 3. The van der Waals surface area contributed by atoms with Crippen molar-refractivity contribution < 1.29 is 9.59 Å². The van der Waals surface area contributed by atoms with Crippen molar-refractivity contribution in [1.82, 2.24) is 20.8 Å². The zero-order valence-electron chi connectivity index (χ0n) is 16.1. The molecule has 0 aliphatic carbocycles. The summed E-state index contributed by atoms with van der Waals surface area (Å²) in [5, 5.41) is 18.1. The van der Waals surface area contributed by atoms with Crippen molar-refractivity contribution in [3.63, 3.8) is 0 Å². The number of carbonyl (C=O) groups excluding carboxylic acids is 2. The first-order chi connectivity index (χ1) is 15.0. The van der Waals surface area contributed by atoms with Crippen molar-refractivity contribution in [2.24, 2.45) is 4.99 Å². The molecule has 5 rings (SSSR count). The van der Waals surface area contributed by atoms with Crippen LogP contribution in [-0.2, 0) is 4.79 Å². The van der Waals surface area contributed by atoms with E-state index in [9.17, 15) is 9.59 Å². The molecule has 3 N–H and O–H groups in total. The van der Waals surface area contributed by atoms with Gasteiger partial charge in [-0.1, -0.05) is 41.7 Å². The largest absolute Gasteiger partial charge is 0.327 e. The summed E-state index contributed by atoms with van der Waals surface area (Å²) in [7, 11) is 0. The molecule has 1 unspecified atom stereocenters. The van der Waals surface area contributed by atoms with Gasteiger partial charge in [-0.25, -0.2) is 9.79 Å². The standard InChI is InChI=1S/C21H15IN6O2S/c1-10-15(16(25-20(30)23-10)11-5-3-2-4-6-11)19-27-28-21(31-19)26-17-13-9-12(22)7-8-14(13)24-18(17)29/h2-9,16H,1H3,(H2,23,25,30)(H,24,26,28,29). The number of carbonyl (C=O) groups is 2. The van der Waals surface area contributed by atoms with Gasteiger partial charge in [0.2, 0.25) is 5.13 Å². The Hall–Kier alpha value is -3.12. The maximum absolute atomic E-state index is 12.4. The van der Waals surface area contributed by atoms with Crippen molar-refractivity contribution in [3.05, 3.63) is 73.9 Å². The normalized spacial score (nSPS) is 19.2. The fraction of sp³-hybridized carbons (Fsp3) is 0.0952. The number of benzene rings is 2. The van der Waals surface area contributed by atoms with Crippen LogP contribution in [0.1, 0.15) is 29.1 Å². The van der Waals surface area contributed by atoms with Gasteiger partial charge in [0, 0.05) is 20.4 Å². The summed E-state index contributed by atoms with van der Waals surface area (Å²) >= 11 is 3.47. The molecule has 0 spiro atoms. The fourth-order valence-corrected chi connectivity index (χ4v) is 4.92. The van der Waals surface area contributed by atoms with Crippen molar-refractivity contribution in [3.8, 4) is 0 Å². The van der Waals surface area contributed by atoms with E-state index in [1.54, 1.807) is 0 Å². The number of hydrogen-bond donors (Lipinski definition) is 3. The van der Waals surface area contributed by atoms with Crippen LogP contribution >= 0.6 is 33.9 Å². The smallest absolute Gasteiger partial charge is 0.319 e. The van der Waals surface area contributed by atoms with Crippen LogP contribution < -0.4 is 16.0 Å². The Morgan fingerprint density at radius 3 is 2.68 bits per heavy atom. The first-order valence-corrected chi connectivity index (χ1v) is 11.3. The van der Waals surface area contributed by atoms with Crippen LogP contribution in [-0.4, -0.2) is 27.8 Å². The summed E-state index contributed by atoms with van der Waals surface area (Å²) < 4.78 is 1.01. The lowest BCUT2D eigenvalue weighted by Crippen LogP contribution is -2.42. The van der Waals surface area contributed by atoms with E-state index in [1.165, 1.54) is 11.3 Å². The number of aliphatic imine (C=N–C) groups is 1. The number of amides is 3. The van der Waals surface area contributed by atoms with Crippen LogP contribution in [0.5, 0.6) is 0 Å². The topological polar surface area (TPSA) is 108 Å². The Bertz CT molecular complexity index is 1280. The Morgan fingerprint density at radius 2 is 1.87 bits per heavy atom. The maximum atomic E-state index is 12.4. The van der Waals surface area contributed by atoms with E-state index in [0.717, 1.165) is 26.0 Å². The zero-order valence-corrected chi connectivity index (χ0v) is 19.1. The van der Waals surface area contributed by atoms with Gasteiger partial charge in [0.15, 0.2) is 0 Å². The summed E-state index contributed by atoms with van der Waals surface area (Å²) in [6.07, 6.45) is 0. The van der Waals surface area contributed by atoms with Crippen LogP contribution in [0.3, 0.4) is 0 Å². The molecule has 0 saturated carbocycles. The van der Waals surface area contributed by atoms with Crippen LogP contribution in [0.15, 0.2) is 59.2 Å². The number of nitrogens with zero attached hydrogens (tertiary/aromatic N) is 3. The number of urea groups is 1. The second kappa shape index (κ2) is 7.85. The molecular weight excluding hydrogens is 527 g/mol. The van der Waals surface area contributed by atoms with Gasteiger partial charge in [0.25, 0.3) is 5.91 Å². The van der Waals surface area contributed by atoms with Gasteiger partial charge in [-0.15, -0.1) is 10.2 Å². The molecule has 3 amide bonds. The quantitative estimate of drug-likeness (QED) is 0.435. The molecule has 0 fully saturated rings. The maximum Gasteiger partial charge on any atom is 0.319 e. The predicted octanol–water partition coefficient (Wildman–Crippen LogP) is 4.00. The van der Waals surface area contributed by atoms with Gasteiger partial charge in [0.1, 0.15) is 10.7 Å². The molecule has 10 heteroatoms. The lowest BCUT2D eigenvalue weighted by molar-refractivity contribution is -0.110. The minimum atomic E-state index is -0.361. The van der Waals surface area contributed by atoms with Gasteiger partial charge in [-0.2, -0.15) is 0 Å². The summed E-state index contributed by atoms with van der Waals surface area (Å²) in [6, 6.07) is 14.7. The van der Waals surface area contributed by atoms with E-state index in [2.05, 4.69) is 53.7 Å². The molecule has 1 aromatic heterocycles. The van der Waals surface area contributed by atoms with Gasteiger partial charge >= 0.3 is 6.03 Å². The predicted molar refractivity (Wildman–Crippen MR) is 127 cm³/mol. The third-order valence-electron chi connectivity index (χ3n) is 4.95. The lowest BCUT2D eigenvalue weighted by Gasteiger charge is -2.28. The SMILES string of the molecule is CC1=C(c2nnc(N=C3C(=O)Nc4ccc(I)cc43)s2)C(c2ccccc2)NC(=O)N1. The number of anilines is 1. The molecular formula is C21H15IN6O2S. The molecule has 2 aliphatic rings. The summed E-state index contributed by atoms with van der Waals surface area (Å²) in [4.78, 5) is 29.0. The molecule has 0 bridgehead atoms. The monoisotopic (exact) mass is 542 g/mol. The molecule has 0 saturated heterocycles. The second-order valence-electron chi connectivity index (χ2n) is 6.98. The summed E-state index contributed by atoms with van der Waals surface area (Å²) in [6.45, 7) is 1.83. The number of nitrogens with one attached hydrogen (secondary N) is 3. The van der Waals surface area contributed by atoms with E-state index in [1.807, 2.05) is 55.5 Å². The number of aromatic nitrogens is 2. The second-order valence-corrected chi connectivity index (χ2v) is 9.18. The van der Waals surface area contributed by atoms with Gasteiger partial charge in [-0.3, -0.25) is 4.79 Å². The highest BCUT2D eigenvalue weighted by Crippen LogP contribution is 2.37. The van der Waals surface area contributed by atoms with Crippen LogP contribution in [0.2, 0.25) is 0 Å². The van der Waals surface area contributed by atoms with E-state index < -0.39 is 0 Å². The Morgan fingerprint density at radius 1 is 1.06 bits per heavy atom. The highest BCUT2D eigenvalue weighted by Gasteiger charge is 2.31.